The number of carbonyl (C=O) groups excluding carboxylic acids is 2. The number of rotatable bonds is 6. The quantitative estimate of drug-likeness (QED) is 0.802. The molecule has 3 rings (SSSR count). The van der Waals surface area contributed by atoms with Crippen LogP contribution in [0.25, 0.3) is 0 Å². The maximum atomic E-state index is 12.9. The third kappa shape index (κ3) is 4.37. The molecule has 0 aromatic heterocycles. The maximum Gasteiger partial charge on any atom is 0.243 e. The van der Waals surface area contributed by atoms with Gasteiger partial charge in [0.25, 0.3) is 0 Å². The molecule has 1 aliphatic heterocycles. The number of carbonyl (C=O) groups is 2. The molecule has 0 aliphatic carbocycles. The number of benzene rings is 2. The zero-order valence-electron chi connectivity index (χ0n) is 15.5. The smallest absolute Gasteiger partial charge is 0.243 e. The van der Waals surface area contributed by atoms with Crippen molar-refractivity contribution in [2.24, 2.45) is 0 Å². The molecule has 5 nitrogen and oxygen atoms in total. The van der Waals surface area contributed by atoms with E-state index in [2.05, 4.69) is 30.1 Å². The van der Waals surface area contributed by atoms with Crippen LogP contribution in [-0.4, -0.2) is 30.4 Å². The van der Waals surface area contributed by atoms with Crippen molar-refractivity contribution in [1.82, 2.24) is 10.2 Å². The van der Waals surface area contributed by atoms with Crippen LogP contribution in [0.2, 0.25) is 0 Å². The first-order chi connectivity index (χ1) is 13.1. The third-order valence-electron chi connectivity index (χ3n) is 4.87. The molecule has 2 aromatic carbocycles. The summed E-state index contributed by atoms with van der Waals surface area (Å²) >= 11 is 0. The van der Waals surface area contributed by atoms with E-state index in [0.29, 0.717) is 13.1 Å². The van der Waals surface area contributed by atoms with Gasteiger partial charge in [0.15, 0.2) is 0 Å². The molecule has 0 bridgehead atoms. The number of nitrogens with one attached hydrogen (secondary N) is 1. The van der Waals surface area contributed by atoms with Crippen LogP contribution in [0, 0.1) is 0 Å². The van der Waals surface area contributed by atoms with Crippen LogP contribution in [-0.2, 0) is 22.6 Å². The number of hydrogen-bond acceptors (Lipinski definition) is 3. The summed E-state index contributed by atoms with van der Waals surface area (Å²) in [7, 11) is 1.64. The highest BCUT2D eigenvalue weighted by Crippen LogP contribution is 2.35. The Morgan fingerprint density at radius 2 is 2.00 bits per heavy atom. The van der Waals surface area contributed by atoms with Crippen molar-refractivity contribution in [3.8, 4) is 5.75 Å². The highest BCUT2D eigenvalue weighted by atomic mass is 16.5. The van der Waals surface area contributed by atoms with Gasteiger partial charge in [0.2, 0.25) is 11.8 Å². The van der Waals surface area contributed by atoms with Crippen molar-refractivity contribution in [1.29, 1.82) is 0 Å². The summed E-state index contributed by atoms with van der Waals surface area (Å²) in [6.07, 6.45) is 2.22. The molecule has 1 heterocycles. The van der Waals surface area contributed by atoms with Crippen LogP contribution in [0.3, 0.4) is 0 Å². The van der Waals surface area contributed by atoms with Gasteiger partial charge < -0.3 is 15.0 Å². The van der Waals surface area contributed by atoms with E-state index in [0.717, 1.165) is 23.3 Å². The number of nitrogens with zero attached hydrogens (tertiary/aromatic N) is 1. The largest absolute Gasteiger partial charge is 0.497 e. The second-order valence-electron chi connectivity index (χ2n) is 6.53. The van der Waals surface area contributed by atoms with E-state index in [9.17, 15) is 9.59 Å². The Balaban J connectivity index is 1.83. The molecule has 140 valence electrons. The highest BCUT2D eigenvalue weighted by Gasteiger charge is 2.30. The lowest BCUT2D eigenvalue weighted by molar-refractivity contribution is -0.134. The molecular formula is C22H24N2O3. The van der Waals surface area contributed by atoms with Gasteiger partial charge in [-0.25, -0.2) is 0 Å². The Kier molecular flexibility index (Phi) is 5.91. The van der Waals surface area contributed by atoms with E-state index in [4.69, 9.17) is 4.74 Å². The first kappa shape index (κ1) is 18.7. The van der Waals surface area contributed by atoms with Crippen molar-refractivity contribution < 1.29 is 14.3 Å². The van der Waals surface area contributed by atoms with Crippen molar-refractivity contribution in [3.05, 3.63) is 77.9 Å². The summed E-state index contributed by atoms with van der Waals surface area (Å²) in [5, 5.41) is 2.67. The molecule has 1 atom stereocenters. The summed E-state index contributed by atoms with van der Waals surface area (Å²) in [5.41, 5.74) is 3.45. The molecule has 0 fully saturated rings. The summed E-state index contributed by atoms with van der Waals surface area (Å²) in [5.74, 6) is 0.537. The number of hydrogen-bond donors (Lipinski definition) is 1. The number of fused-ring (bicyclic) bond motifs is 1. The van der Waals surface area contributed by atoms with E-state index in [1.54, 1.807) is 7.11 Å². The highest BCUT2D eigenvalue weighted by molar-refractivity contribution is 5.87. The SMILES string of the molecule is C=CC(=O)NCCC(=O)N1Cc2cc(OC)ccc2CC1c1ccccc1. The van der Waals surface area contributed by atoms with Gasteiger partial charge in [-0.05, 0) is 41.3 Å². The topological polar surface area (TPSA) is 58.6 Å². The van der Waals surface area contributed by atoms with E-state index in [-0.39, 0.29) is 24.3 Å². The molecule has 2 amide bonds. The zero-order valence-corrected chi connectivity index (χ0v) is 15.5. The Labute approximate surface area is 159 Å². The normalized spacial score (nSPS) is 15.6. The van der Waals surface area contributed by atoms with Gasteiger partial charge >= 0.3 is 0 Å². The minimum absolute atomic E-state index is 0.0154. The average Bonchev–Trinajstić information content (AvgIpc) is 2.72. The number of amides is 2. The molecule has 1 N–H and O–H groups in total. The minimum Gasteiger partial charge on any atom is -0.497 e. The fraction of sp³-hybridized carbons (Fsp3) is 0.273. The van der Waals surface area contributed by atoms with E-state index in [1.807, 2.05) is 35.2 Å². The minimum atomic E-state index is -0.267. The van der Waals surface area contributed by atoms with Crippen molar-refractivity contribution in [3.63, 3.8) is 0 Å². The number of methoxy groups -OCH3 is 1. The zero-order chi connectivity index (χ0) is 19.2. The van der Waals surface area contributed by atoms with Crippen LogP contribution in [0.15, 0.2) is 61.2 Å². The monoisotopic (exact) mass is 364 g/mol. The van der Waals surface area contributed by atoms with E-state index in [1.165, 1.54) is 11.6 Å². The van der Waals surface area contributed by atoms with Crippen LogP contribution in [0.1, 0.15) is 29.2 Å². The van der Waals surface area contributed by atoms with E-state index < -0.39 is 0 Å². The molecule has 2 aromatic rings. The van der Waals surface area contributed by atoms with Gasteiger partial charge in [-0.1, -0.05) is 43.0 Å². The second kappa shape index (κ2) is 8.54. The predicted octanol–water partition coefficient (Wildman–Crippen LogP) is 3.01. The maximum absolute atomic E-state index is 12.9. The van der Waals surface area contributed by atoms with Gasteiger partial charge in [-0.15, -0.1) is 0 Å². The van der Waals surface area contributed by atoms with Crippen molar-refractivity contribution in [2.75, 3.05) is 13.7 Å². The van der Waals surface area contributed by atoms with Gasteiger partial charge in [0, 0.05) is 19.5 Å². The standard InChI is InChI=1S/C22H24N2O3/c1-3-21(25)23-12-11-22(26)24-15-18-13-19(27-2)10-9-17(18)14-20(24)16-7-5-4-6-8-16/h3-10,13,20H,1,11-12,14-15H2,2H3,(H,23,25). The van der Waals surface area contributed by atoms with Crippen LogP contribution in [0.4, 0.5) is 0 Å². The predicted molar refractivity (Wildman–Crippen MR) is 104 cm³/mol. The third-order valence-corrected chi connectivity index (χ3v) is 4.87. The fourth-order valence-corrected chi connectivity index (χ4v) is 3.43. The van der Waals surface area contributed by atoms with Gasteiger partial charge in [0.05, 0.1) is 13.2 Å². The molecule has 1 unspecified atom stereocenters. The van der Waals surface area contributed by atoms with Crippen LogP contribution < -0.4 is 10.1 Å². The first-order valence-electron chi connectivity index (χ1n) is 9.03. The second-order valence-corrected chi connectivity index (χ2v) is 6.53. The first-order valence-corrected chi connectivity index (χ1v) is 9.03. The van der Waals surface area contributed by atoms with E-state index >= 15 is 0 Å². The lowest BCUT2D eigenvalue weighted by atomic mass is 9.89. The van der Waals surface area contributed by atoms with Crippen molar-refractivity contribution in [2.45, 2.75) is 25.4 Å². The molecule has 1 aliphatic rings. The van der Waals surface area contributed by atoms with Gasteiger partial charge in [0.1, 0.15) is 5.75 Å². The fourth-order valence-electron chi connectivity index (χ4n) is 3.43. The molecule has 0 radical (unpaired) electrons. The van der Waals surface area contributed by atoms with Crippen molar-refractivity contribution >= 4 is 11.8 Å². The molecule has 27 heavy (non-hydrogen) atoms. The summed E-state index contributed by atoms with van der Waals surface area (Å²) in [6.45, 7) is 4.25. The Morgan fingerprint density at radius 1 is 1.22 bits per heavy atom. The molecular weight excluding hydrogens is 340 g/mol. The van der Waals surface area contributed by atoms with Gasteiger partial charge in [-0.2, -0.15) is 0 Å². The Bertz CT molecular complexity index is 833. The van der Waals surface area contributed by atoms with Gasteiger partial charge in [-0.3, -0.25) is 9.59 Å². The average molecular weight is 364 g/mol. The molecule has 0 saturated carbocycles. The summed E-state index contributed by atoms with van der Waals surface area (Å²) in [6, 6.07) is 16.1. The molecule has 5 heteroatoms. The lowest BCUT2D eigenvalue weighted by Gasteiger charge is -2.37. The Hall–Kier alpha value is -3.08. The Morgan fingerprint density at radius 3 is 2.70 bits per heavy atom. The summed E-state index contributed by atoms with van der Waals surface area (Å²) < 4.78 is 5.33. The molecule has 0 saturated heterocycles. The summed E-state index contributed by atoms with van der Waals surface area (Å²) in [4.78, 5) is 26.2. The number of ether oxygens (including phenoxy) is 1. The molecule has 0 spiro atoms. The lowest BCUT2D eigenvalue weighted by Crippen LogP contribution is -2.40. The van der Waals surface area contributed by atoms with Crippen LogP contribution in [0.5, 0.6) is 5.75 Å². The van der Waals surface area contributed by atoms with Crippen LogP contribution >= 0.6 is 0 Å².